The second kappa shape index (κ2) is 3.37. The van der Waals surface area contributed by atoms with Crippen molar-refractivity contribution in [3.63, 3.8) is 0 Å². The summed E-state index contributed by atoms with van der Waals surface area (Å²) in [6.07, 6.45) is 3.44. The van der Waals surface area contributed by atoms with Crippen LogP contribution in [0.5, 0.6) is 0 Å². The van der Waals surface area contributed by atoms with E-state index in [9.17, 15) is 5.11 Å². The summed E-state index contributed by atoms with van der Waals surface area (Å²) in [5.74, 6) is 1.18. The lowest BCUT2D eigenvalue weighted by molar-refractivity contribution is -0.0218. The Labute approximate surface area is 76.2 Å². The first-order valence-electron chi connectivity index (χ1n) is 5.11. The number of aliphatic hydroxyl groups is 1. The molecule has 1 aliphatic rings. The highest BCUT2D eigenvalue weighted by atomic mass is 16.3. The van der Waals surface area contributed by atoms with Crippen molar-refractivity contribution in [2.24, 2.45) is 17.3 Å². The van der Waals surface area contributed by atoms with Crippen LogP contribution in [0.15, 0.2) is 0 Å². The summed E-state index contributed by atoms with van der Waals surface area (Å²) in [4.78, 5) is 0. The van der Waals surface area contributed by atoms with E-state index in [0.717, 1.165) is 6.42 Å². The van der Waals surface area contributed by atoms with Gasteiger partial charge in [-0.3, -0.25) is 0 Å². The normalized spacial score (nSPS) is 38.2. The number of hydrogen-bond acceptors (Lipinski definition) is 1. The van der Waals surface area contributed by atoms with Crippen molar-refractivity contribution in [2.75, 3.05) is 0 Å². The predicted molar refractivity (Wildman–Crippen MR) is 52.0 cm³/mol. The standard InChI is InChI=1S/C11H22O/c1-8-6-5-7-9(12)10(8)11(2,3)4/h8-10,12H,5-7H2,1-4H3. The van der Waals surface area contributed by atoms with Crippen LogP contribution in [0.4, 0.5) is 0 Å². The van der Waals surface area contributed by atoms with E-state index in [2.05, 4.69) is 27.7 Å². The molecule has 0 aliphatic heterocycles. The molecule has 1 nitrogen and oxygen atoms in total. The van der Waals surface area contributed by atoms with Gasteiger partial charge in [-0.15, -0.1) is 0 Å². The quantitative estimate of drug-likeness (QED) is 0.592. The van der Waals surface area contributed by atoms with E-state index in [1.807, 2.05) is 0 Å². The molecule has 1 fully saturated rings. The lowest BCUT2D eigenvalue weighted by atomic mass is 9.66. The Morgan fingerprint density at radius 3 is 2.08 bits per heavy atom. The molecular formula is C11H22O. The summed E-state index contributed by atoms with van der Waals surface area (Å²) in [5, 5.41) is 9.87. The van der Waals surface area contributed by atoms with Gasteiger partial charge in [-0.1, -0.05) is 40.5 Å². The molecule has 1 heteroatoms. The third-order valence-corrected chi connectivity index (χ3v) is 3.19. The fourth-order valence-electron chi connectivity index (χ4n) is 2.82. The Balaban J connectivity index is 2.69. The minimum atomic E-state index is -0.0613. The van der Waals surface area contributed by atoms with E-state index in [1.54, 1.807) is 0 Å². The largest absolute Gasteiger partial charge is 0.393 e. The summed E-state index contributed by atoms with van der Waals surface area (Å²) in [5.41, 5.74) is 0.263. The monoisotopic (exact) mass is 170 g/mol. The molecule has 72 valence electrons. The second-order valence-corrected chi connectivity index (χ2v) is 5.37. The van der Waals surface area contributed by atoms with Crippen LogP contribution >= 0.6 is 0 Å². The highest BCUT2D eigenvalue weighted by Crippen LogP contribution is 2.41. The van der Waals surface area contributed by atoms with Gasteiger partial charge < -0.3 is 5.11 Å². The van der Waals surface area contributed by atoms with Gasteiger partial charge in [0.25, 0.3) is 0 Å². The SMILES string of the molecule is CC1CCCC(O)C1C(C)(C)C. The zero-order chi connectivity index (χ0) is 9.35. The lowest BCUT2D eigenvalue weighted by Gasteiger charge is -2.42. The van der Waals surface area contributed by atoms with Crippen molar-refractivity contribution in [1.29, 1.82) is 0 Å². The molecule has 12 heavy (non-hydrogen) atoms. The summed E-state index contributed by atoms with van der Waals surface area (Å²) in [7, 11) is 0. The van der Waals surface area contributed by atoms with Gasteiger partial charge in [-0.25, -0.2) is 0 Å². The van der Waals surface area contributed by atoms with Crippen molar-refractivity contribution in [3.05, 3.63) is 0 Å². The van der Waals surface area contributed by atoms with E-state index in [-0.39, 0.29) is 11.5 Å². The molecule has 0 aromatic heterocycles. The molecule has 0 radical (unpaired) electrons. The molecule has 3 atom stereocenters. The molecule has 0 bridgehead atoms. The van der Waals surface area contributed by atoms with Crippen LogP contribution in [0.1, 0.15) is 47.0 Å². The maximum absolute atomic E-state index is 9.87. The first-order valence-corrected chi connectivity index (χ1v) is 5.11. The van der Waals surface area contributed by atoms with Crippen LogP contribution in [0.2, 0.25) is 0 Å². The lowest BCUT2D eigenvalue weighted by Crippen LogP contribution is -2.39. The zero-order valence-electron chi connectivity index (χ0n) is 8.80. The first-order chi connectivity index (χ1) is 5.43. The van der Waals surface area contributed by atoms with E-state index < -0.39 is 0 Å². The second-order valence-electron chi connectivity index (χ2n) is 5.37. The minimum absolute atomic E-state index is 0.0613. The predicted octanol–water partition coefficient (Wildman–Crippen LogP) is 2.83. The van der Waals surface area contributed by atoms with Gasteiger partial charge >= 0.3 is 0 Å². The zero-order valence-corrected chi connectivity index (χ0v) is 8.80. The van der Waals surface area contributed by atoms with Crippen LogP contribution in [0, 0.1) is 17.3 Å². The molecule has 0 saturated heterocycles. The van der Waals surface area contributed by atoms with Crippen LogP contribution in [-0.4, -0.2) is 11.2 Å². The summed E-state index contributed by atoms with van der Waals surface area (Å²) in [6.45, 7) is 8.99. The maximum Gasteiger partial charge on any atom is 0.0575 e. The molecule has 1 saturated carbocycles. The van der Waals surface area contributed by atoms with E-state index >= 15 is 0 Å². The molecule has 0 aromatic carbocycles. The smallest absolute Gasteiger partial charge is 0.0575 e. The van der Waals surface area contributed by atoms with Crippen LogP contribution in [0.3, 0.4) is 0 Å². The molecule has 3 unspecified atom stereocenters. The average Bonchev–Trinajstić information content (AvgIpc) is 1.82. The summed E-state index contributed by atoms with van der Waals surface area (Å²) < 4.78 is 0. The van der Waals surface area contributed by atoms with Gasteiger partial charge in [0.05, 0.1) is 6.10 Å². The Morgan fingerprint density at radius 2 is 1.75 bits per heavy atom. The van der Waals surface area contributed by atoms with Gasteiger partial charge in [0.1, 0.15) is 0 Å². The van der Waals surface area contributed by atoms with Crippen LogP contribution in [-0.2, 0) is 0 Å². The van der Waals surface area contributed by atoms with E-state index in [4.69, 9.17) is 0 Å². The minimum Gasteiger partial charge on any atom is -0.393 e. The molecule has 1 rings (SSSR count). The van der Waals surface area contributed by atoms with Crippen molar-refractivity contribution < 1.29 is 5.11 Å². The summed E-state index contributed by atoms with van der Waals surface area (Å²) in [6, 6.07) is 0. The number of hydrogen-bond donors (Lipinski definition) is 1. The van der Waals surface area contributed by atoms with Gasteiger partial charge in [-0.2, -0.15) is 0 Å². The van der Waals surface area contributed by atoms with Gasteiger partial charge in [0.15, 0.2) is 0 Å². The highest BCUT2D eigenvalue weighted by molar-refractivity contribution is 4.87. The number of rotatable bonds is 0. The third kappa shape index (κ3) is 2.01. The van der Waals surface area contributed by atoms with E-state index in [1.165, 1.54) is 12.8 Å². The maximum atomic E-state index is 9.87. The molecule has 0 heterocycles. The first kappa shape index (κ1) is 10.0. The van der Waals surface area contributed by atoms with Crippen molar-refractivity contribution in [3.8, 4) is 0 Å². The van der Waals surface area contributed by atoms with Crippen LogP contribution in [0.25, 0.3) is 0 Å². The van der Waals surface area contributed by atoms with Gasteiger partial charge in [0, 0.05) is 0 Å². The molecule has 0 spiro atoms. The Hall–Kier alpha value is -0.0400. The van der Waals surface area contributed by atoms with Crippen molar-refractivity contribution in [1.82, 2.24) is 0 Å². The Kier molecular flexibility index (Phi) is 2.82. The third-order valence-electron chi connectivity index (χ3n) is 3.19. The van der Waals surface area contributed by atoms with Crippen molar-refractivity contribution >= 4 is 0 Å². The molecule has 1 aliphatic carbocycles. The van der Waals surface area contributed by atoms with Crippen molar-refractivity contribution in [2.45, 2.75) is 53.1 Å². The van der Waals surface area contributed by atoms with E-state index in [0.29, 0.717) is 11.8 Å². The van der Waals surface area contributed by atoms with Gasteiger partial charge in [-0.05, 0) is 23.7 Å². The van der Waals surface area contributed by atoms with Gasteiger partial charge in [0.2, 0.25) is 0 Å². The Morgan fingerprint density at radius 1 is 1.17 bits per heavy atom. The van der Waals surface area contributed by atoms with Crippen LogP contribution < -0.4 is 0 Å². The summed E-state index contributed by atoms with van der Waals surface area (Å²) >= 11 is 0. The molecular weight excluding hydrogens is 148 g/mol. The Bertz CT molecular complexity index is 136. The topological polar surface area (TPSA) is 20.2 Å². The molecule has 1 N–H and O–H groups in total. The molecule has 0 amide bonds. The fraction of sp³-hybridized carbons (Fsp3) is 1.00. The fourth-order valence-corrected chi connectivity index (χ4v) is 2.82. The molecule has 0 aromatic rings. The number of aliphatic hydroxyl groups excluding tert-OH is 1. The highest BCUT2D eigenvalue weighted by Gasteiger charge is 2.37. The average molecular weight is 170 g/mol.